The molecule has 2 N–H and O–H groups in total. The van der Waals surface area contributed by atoms with Crippen LogP contribution in [-0.4, -0.2) is 23.8 Å². The lowest BCUT2D eigenvalue weighted by Gasteiger charge is -2.28. The number of aryl methyl sites for hydroxylation is 2. The van der Waals surface area contributed by atoms with E-state index >= 15 is 0 Å². The molecule has 20 heavy (non-hydrogen) atoms. The fourth-order valence-corrected chi connectivity index (χ4v) is 2.56. The third-order valence-electron chi connectivity index (χ3n) is 3.76. The maximum atomic E-state index is 9.50. The Morgan fingerprint density at radius 2 is 1.75 bits per heavy atom. The van der Waals surface area contributed by atoms with Gasteiger partial charge in [-0.25, -0.2) is 0 Å². The van der Waals surface area contributed by atoms with E-state index in [1.165, 1.54) is 11.1 Å². The Morgan fingerprint density at radius 1 is 1.15 bits per heavy atom. The molecule has 0 aromatic heterocycles. The normalized spacial score (nSPS) is 15.1. The molecule has 0 spiro atoms. The molecule has 0 aliphatic rings. The minimum atomic E-state index is -0.227. The van der Waals surface area contributed by atoms with Gasteiger partial charge in [0, 0.05) is 12.6 Å². The van der Waals surface area contributed by atoms with Crippen LogP contribution in [0.25, 0.3) is 0 Å². The van der Waals surface area contributed by atoms with Gasteiger partial charge in [0.15, 0.2) is 0 Å². The lowest BCUT2D eigenvalue weighted by Crippen LogP contribution is -2.37. The molecular weight excluding hydrogens is 246 g/mol. The van der Waals surface area contributed by atoms with Gasteiger partial charge in [-0.15, -0.1) is 0 Å². The molecule has 0 fully saturated rings. The van der Waals surface area contributed by atoms with Gasteiger partial charge < -0.3 is 10.4 Å². The average molecular weight is 277 g/mol. The van der Waals surface area contributed by atoms with Crippen LogP contribution in [0.4, 0.5) is 0 Å². The minimum absolute atomic E-state index is 0.145. The maximum Gasteiger partial charge on any atom is 0.0517 e. The van der Waals surface area contributed by atoms with Crippen LogP contribution in [0.1, 0.15) is 51.7 Å². The molecule has 0 saturated carbocycles. The zero-order valence-electron chi connectivity index (χ0n) is 13.7. The van der Waals surface area contributed by atoms with Crippen molar-refractivity contribution in [3.63, 3.8) is 0 Å². The van der Waals surface area contributed by atoms with Gasteiger partial charge in [0.05, 0.1) is 6.10 Å². The van der Waals surface area contributed by atoms with Gasteiger partial charge >= 0.3 is 0 Å². The Bertz CT molecular complexity index is 381. The SMILES string of the molecule is Cc1ccc(CCC(C)NCC(C)(C)CC(C)O)cc1. The summed E-state index contributed by atoms with van der Waals surface area (Å²) in [5.74, 6) is 0. The van der Waals surface area contributed by atoms with Crippen LogP contribution < -0.4 is 5.32 Å². The number of rotatable bonds is 8. The average Bonchev–Trinajstić information content (AvgIpc) is 2.34. The molecule has 2 heteroatoms. The third-order valence-corrected chi connectivity index (χ3v) is 3.76. The first-order valence-electron chi connectivity index (χ1n) is 7.75. The second-order valence-electron chi connectivity index (χ2n) is 7.02. The summed E-state index contributed by atoms with van der Waals surface area (Å²) in [5.41, 5.74) is 2.87. The monoisotopic (exact) mass is 277 g/mol. The van der Waals surface area contributed by atoms with Crippen LogP contribution in [-0.2, 0) is 6.42 Å². The molecule has 1 aromatic rings. The molecule has 0 radical (unpaired) electrons. The minimum Gasteiger partial charge on any atom is -0.393 e. The van der Waals surface area contributed by atoms with Gasteiger partial charge in [-0.2, -0.15) is 0 Å². The van der Waals surface area contributed by atoms with Gasteiger partial charge in [-0.05, 0) is 51.0 Å². The smallest absolute Gasteiger partial charge is 0.0517 e. The Balaban J connectivity index is 2.29. The van der Waals surface area contributed by atoms with Gasteiger partial charge in [0.1, 0.15) is 0 Å². The molecule has 0 heterocycles. The van der Waals surface area contributed by atoms with Gasteiger partial charge in [-0.1, -0.05) is 43.7 Å². The molecule has 0 saturated heterocycles. The van der Waals surface area contributed by atoms with Gasteiger partial charge in [-0.3, -0.25) is 0 Å². The molecule has 0 aliphatic heterocycles. The molecule has 1 aromatic carbocycles. The number of aliphatic hydroxyl groups is 1. The van der Waals surface area contributed by atoms with E-state index in [0.29, 0.717) is 6.04 Å². The van der Waals surface area contributed by atoms with E-state index in [1.54, 1.807) is 0 Å². The maximum absolute atomic E-state index is 9.50. The van der Waals surface area contributed by atoms with Crippen LogP contribution in [0.5, 0.6) is 0 Å². The molecule has 2 atom stereocenters. The fourth-order valence-electron chi connectivity index (χ4n) is 2.56. The highest BCUT2D eigenvalue weighted by Crippen LogP contribution is 2.21. The lowest BCUT2D eigenvalue weighted by molar-refractivity contribution is 0.126. The first-order valence-corrected chi connectivity index (χ1v) is 7.75. The summed E-state index contributed by atoms with van der Waals surface area (Å²) >= 11 is 0. The standard InChI is InChI=1S/C18H31NO/c1-14-6-9-17(10-7-14)11-8-15(2)19-13-18(4,5)12-16(3)20/h6-7,9-10,15-16,19-20H,8,11-13H2,1-5H3. The summed E-state index contributed by atoms with van der Waals surface area (Å²) < 4.78 is 0. The number of hydrogen-bond donors (Lipinski definition) is 2. The topological polar surface area (TPSA) is 32.3 Å². The highest BCUT2D eigenvalue weighted by Gasteiger charge is 2.20. The predicted octanol–water partition coefficient (Wildman–Crippen LogP) is 3.70. The van der Waals surface area contributed by atoms with E-state index in [9.17, 15) is 5.11 Å². The quantitative estimate of drug-likeness (QED) is 0.759. The Kier molecular flexibility index (Phi) is 6.70. The van der Waals surface area contributed by atoms with Crippen LogP contribution in [0, 0.1) is 12.3 Å². The van der Waals surface area contributed by atoms with E-state index in [1.807, 2.05) is 6.92 Å². The zero-order chi connectivity index (χ0) is 15.2. The van der Waals surface area contributed by atoms with E-state index in [0.717, 1.165) is 25.8 Å². The Labute approximate surface area is 124 Å². The van der Waals surface area contributed by atoms with Crippen LogP contribution >= 0.6 is 0 Å². The van der Waals surface area contributed by atoms with Gasteiger partial charge in [0.25, 0.3) is 0 Å². The van der Waals surface area contributed by atoms with Crippen molar-refractivity contribution in [1.82, 2.24) is 5.32 Å². The summed E-state index contributed by atoms with van der Waals surface area (Å²) in [6.07, 6.45) is 2.87. The van der Waals surface area contributed by atoms with Gasteiger partial charge in [0.2, 0.25) is 0 Å². The van der Waals surface area contributed by atoms with Crippen molar-refractivity contribution in [1.29, 1.82) is 0 Å². The predicted molar refractivity (Wildman–Crippen MR) is 87.0 cm³/mol. The molecule has 0 amide bonds. The van der Waals surface area contributed by atoms with Crippen molar-refractivity contribution in [2.24, 2.45) is 5.41 Å². The summed E-state index contributed by atoms with van der Waals surface area (Å²) in [6.45, 7) is 11.6. The molecule has 2 unspecified atom stereocenters. The highest BCUT2D eigenvalue weighted by atomic mass is 16.3. The van der Waals surface area contributed by atoms with Crippen molar-refractivity contribution in [2.75, 3.05) is 6.54 Å². The molecular formula is C18H31NO. The van der Waals surface area contributed by atoms with Crippen LogP contribution in [0.2, 0.25) is 0 Å². The van der Waals surface area contributed by atoms with Crippen LogP contribution in [0.15, 0.2) is 24.3 Å². The number of benzene rings is 1. The van der Waals surface area contributed by atoms with Crippen molar-refractivity contribution in [2.45, 2.75) is 66.0 Å². The van der Waals surface area contributed by atoms with E-state index in [-0.39, 0.29) is 11.5 Å². The lowest BCUT2D eigenvalue weighted by atomic mass is 9.86. The first-order chi connectivity index (χ1) is 9.28. The van der Waals surface area contributed by atoms with E-state index in [4.69, 9.17) is 0 Å². The second kappa shape index (κ2) is 7.80. The van der Waals surface area contributed by atoms with E-state index < -0.39 is 0 Å². The zero-order valence-corrected chi connectivity index (χ0v) is 13.7. The molecule has 1 rings (SSSR count). The molecule has 2 nitrogen and oxygen atoms in total. The summed E-state index contributed by atoms with van der Waals surface area (Å²) in [7, 11) is 0. The molecule has 0 aliphatic carbocycles. The van der Waals surface area contributed by atoms with E-state index in [2.05, 4.69) is 57.3 Å². The largest absolute Gasteiger partial charge is 0.393 e. The summed E-state index contributed by atoms with van der Waals surface area (Å²) in [4.78, 5) is 0. The van der Waals surface area contributed by atoms with Crippen LogP contribution in [0.3, 0.4) is 0 Å². The first kappa shape index (κ1) is 17.2. The second-order valence-corrected chi connectivity index (χ2v) is 7.02. The molecule has 114 valence electrons. The van der Waals surface area contributed by atoms with Crippen molar-refractivity contribution >= 4 is 0 Å². The third kappa shape index (κ3) is 7.06. The van der Waals surface area contributed by atoms with Crippen molar-refractivity contribution < 1.29 is 5.11 Å². The van der Waals surface area contributed by atoms with Crippen molar-refractivity contribution in [3.8, 4) is 0 Å². The highest BCUT2D eigenvalue weighted by molar-refractivity contribution is 5.21. The summed E-state index contributed by atoms with van der Waals surface area (Å²) in [6, 6.07) is 9.31. The number of hydrogen-bond acceptors (Lipinski definition) is 2. The summed E-state index contributed by atoms with van der Waals surface area (Å²) in [5, 5.41) is 13.1. The number of aliphatic hydroxyl groups excluding tert-OH is 1. The number of nitrogens with one attached hydrogen (secondary N) is 1. The fraction of sp³-hybridized carbons (Fsp3) is 0.667. The Hall–Kier alpha value is -0.860. The van der Waals surface area contributed by atoms with Crippen molar-refractivity contribution in [3.05, 3.63) is 35.4 Å². The Morgan fingerprint density at radius 3 is 2.30 bits per heavy atom. The molecule has 0 bridgehead atoms.